The molecule has 0 amide bonds. The van der Waals surface area contributed by atoms with E-state index in [1.54, 1.807) is 18.3 Å². The highest BCUT2D eigenvalue weighted by atomic mass is 19.1. The van der Waals surface area contributed by atoms with Crippen LogP contribution in [0.2, 0.25) is 0 Å². The van der Waals surface area contributed by atoms with Crippen molar-refractivity contribution < 1.29 is 4.39 Å². The van der Waals surface area contributed by atoms with Crippen LogP contribution in [-0.2, 0) is 6.54 Å². The smallest absolute Gasteiger partial charge is 0.131 e. The van der Waals surface area contributed by atoms with Gasteiger partial charge in [0, 0.05) is 17.3 Å². The summed E-state index contributed by atoms with van der Waals surface area (Å²) in [7, 11) is 0. The first kappa shape index (κ1) is 12.6. The lowest BCUT2D eigenvalue weighted by molar-refractivity contribution is 0.631. The first-order valence-corrected chi connectivity index (χ1v) is 6.55. The Labute approximate surface area is 117 Å². The van der Waals surface area contributed by atoms with Gasteiger partial charge in [-0.25, -0.2) is 4.39 Å². The van der Waals surface area contributed by atoms with E-state index in [4.69, 9.17) is 0 Å². The molecule has 3 heteroatoms. The van der Waals surface area contributed by atoms with E-state index in [0.717, 1.165) is 5.56 Å². The van der Waals surface area contributed by atoms with Crippen LogP contribution in [0.3, 0.4) is 0 Å². The molecule has 0 radical (unpaired) electrons. The van der Waals surface area contributed by atoms with Crippen LogP contribution in [-0.4, -0.2) is 9.78 Å². The van der Waals surface area contributed by atoms with Crippen molar-refractivity contribution in [1.29, 1.82) is 0 Å². The zero-order chi connectivity index (χ0) is 13.9. The van der Waals surface area contributed by atoms with E-state index in [2.05, 4.69) is 36.3 Å². The summed E-state index contributed by atoms with van der Waals surface area (Å²) < 4.78 is 15.5. The van der Waals surface area contributed by atoms with Crippen LogP contribution >= 0.6 is 0 Å². The second-order valence-electron chi connectivity index (χ2n) is 4.89. The Morgan fingerprint density at radius 3 is 2.55 bits per heavy atom. The second-order valence-corrected chi connectivity index (χ2v) is 4.89. The SMILES string of the molecule is Cc1ccc(Cn2cc(-c3ccccc3F)cn2)cc1. The molecule has 0 saturated heterocycles. The summed E-state index contributed by atoms with van der Waals surface area (Å²) in [4.78, 5) is 0. The quantitative estimate of drug-likeness (QED) is 0.699. The summed E-state index contributed by atoms with van der Waals surface area (Å²) in [5.74, 6) is -0.220. The van der Waals surface area contributed by atoms with Crippen LogP contribution in [0, 0.1) is 12.7 Å². The summed E-state index contributed by atoms with van der Waals surface area (Å²) >= 11 is 0. The largest absolute Gasteiger partial charge is 0.268 e. The van der Waals surface area contributed by atoms with E-state index in [1.807, 2.05) is 16.9 Å². The first-order chi connectivity index (χ1) is 9.72. The van der Waals surface area contributed by atoms with Gasteiger partial charge in [-0.1, -0.05) is 48.0 Å². The maximum Gasteiger partial charge on any atom is 0.131 e. The molecule has 0 atom stereocenters. The highest BCUT2D eigenvalue weighted by Gasteiger charge is 2.06. The first-order valence-electron chi connectivity index (χ1n) is 6.55. The minimum Gasteiger partial charge on any atom is -0.268 e. The summed E-state index contributed by atoms with van der Waals surface area (Å²) in [5.41, 5.74) is 3.80. The molecule has 2 nitrogen and oxygen atoms in total. The van der Waals surface area contributed by atoms with Crippen LogP contribution in [0.25, 0.3) is 11.1 Å². The Kier molecular flexibility index (Phi) is 3.33. The fourth-order valence-corrected chi connectivity index (χ4v) is 2.16. The van der Waals surface area contributed by atoms with Crippen molar-refractivity contribution in [3.63, 3.8) is 0 Å². The average Bonchev–Trinajstić information content (AvgIpc) is 2.90. The third-order valence-electron chi connectivity index (χ3n) is 3.28. The number of aromatic nitrogens is 2. The van der Waals surface area contributed by atoms with Crippen molar-refractivity contribution in [2.45, 2.75) is 13.5 Å². The molecule has 1 heterocycles. The number of benzene rings is 2. The molecule has 3 aromatic rings. The second kappa shape index (κ2) is 5.29. The maximum atomic E-state index is 13.7. The van der Waals surface area contributed by atoms with Gasteiger partial charge in [0.2, 0.25) is 0 Å². The molecule has 0 aliphatic rings. The van der Waals surface area contributed by atoms with Gasteiger partial charge in [0.05, 0.1) is 12.7 Å². The fourth-order valence-electron chi connectivity index (χ4n) is 2.16. The Hall–Kier alpha value is -2.42. The summed E-state index contributed by atoms with van der Waals surface area (Å²) in [6.07, 6.45) is 3.57. The molecule has 0 saturated carbocycles. The van der Waals surface area contributed by atoms with E-state index in [1.165, 1.54) is 17.2 Å². The number of halogens is 1. The highest BCUT2D eigenvalue weighted by molar-refractivity contribution is 5.62. The van der Waals surface area contributed by atoms with Crippen molar-refractivity contribution in [2.24, 2.45) is 0 Å². The number of rotatable bonds is 3. The molecule has 0 spiro atoms. The molecule has 2 aromatic carbocycles. The summed E-state index contributed by atoms with van der Waals surface area (Å²) in [6.45, 7) is 2.75. The third-order valence-corrected chi connectivity index (χ3v) is 3.28. The van der Waals surface area contributed by atoms with Crippen LogP contribution < -0.4 is 0 Å². The Morgan fingerprint density at radius 2 is 1.80 bits per heavy atom. The molecule has 0 bridgehead atoms. The van der Waals surface area contributed by atoms with Gasteiger partial charge < -0.3 is 0 Å². The Bertz CT molecular complexity index is 714. The lowest BCUT2D eigenvalue weighted by atomic mass is 10.1. The minimum absolute atomic E-state index is 0.220. The fraction of sp³-hybridized carbons (Fsp3) is 0.118. The molecule has 20 heavy (non-hydrogen) atoms. The van der Waals surface area contributed by atoms with Gasteiger partial charge in [-0.3, -0.25) is 4.68 Å². The zero-order valence-corrected chi connectivity index (χ0v) is 11.3. The number of hydrogen-bond acceptors (Lipinski definition) is 1. The standard InChI is InChI=1S/C17H15FN2/c1-13-6-8-14(9-7-13)11-20-12-15(10-19-20)16-4-2-3-5-17(16)18/h2-10,12H,11H2,1H3. The number of aryl methyl sites for hydroxylation is 1. The van der Waals surface area contributed by atoms with E-state index >= 15 is 0 Å². The molecule has 100 valence electrons. The van der Waals surface area contributed by atoms with E-state index < -0.39 is 0 Å². The average molecular weight is 266 g/mol. The highest BCUT2D eigenvalue weighted by Crippen LogP contribution is 2.21. The van der Waals surface area contributed by atoms with Gasteiger partial charge in [0.15, 0.2) is 0 Å². The third kappa shape index (κ3) is 2.62. The topological polar surface area (TPSA) is 17.8 Å². The van der Waals surface area contributed by atoms with E-state index in [9.17, 15) is 4.39 Å². The van der Waals surface area contributed by atoms with Crippen molar-refractivity contribution in [3.05, 3.63) is 77.9 Å². The normalized spacial score (nSPS) is 10.7. The molecule has 0 unspecified atom stereocenters. The lowest BCUT2D eigenvalue weighted by Gasteiger charge is -2.02. The van der Waals surface area contributed by atoms with E-state index in [-0.39, 0.29) is 5.82 Å². The molecular formula is C17H15FN2. The minimum atomic E-state index is -0.220. The summed E-state index contributed by atoms with van der Waals surface area (Å²) in [5, 5.41) is 4.30. The summed E-state index contributed by atoms with van der Waals surface area (Å²) in [6, 6.07) is 15.1. The van der Waals surface area contributed by atoms with Gasteiger partial charge in [-0.05, 0) is 18.6 Å². The van der Waals surface area contributed by atoms with Crippen molar-refractivity contribution in [2.75, 3.05) is 0 Å². The monoisotopic (exact) mass is 266 g/mol. The van der Waals surface area contributed by atoms with Crippen molar-refractivity contribution in [3.8, 4) is 11.1 Å². The molecule has 3 rings (SSSR count). The Morgan fingerprint density at radius 1 is 1.05 bits per heavy atom. The van der Waals surface area contributed by atoms with Crippen LogP contribution in [0.1, 0.15) is 11.1 Å². The van der Waals surface area contributed by atoms with Crippen molar-refractivity contribution >= 4 is 0 Å². The van der Waals surface area contributed by atoms with Gasteiger partial charge >= 0.3 is 0 Å². The number of nitrogens with zero attached hydrogens (tertiary/aromatic N) is 2. The molecular weight excluding hydrogens is 251 g/mol. The van der Waals surface area contributed by atoms with Crippen LogP contribution in [0.5, 0.6) is 0 Å². The maximum absolute atomic E-state index is 13.7. The molecule has 0 N–H and O–H groups in total. The number of hydrogen-bond donors (Lipinski definition) is 0. The molecule has 1 aromatic heterocycles. The molecule has 0 fully saturated rings. The predicted octanol–water partition coefficient (Wildman–Crippen LogP) is 4.05. The molecule has 0 aliphatic heterocycles. The lowest BCUT2D eigenvalue weighted by Crippen LogP contribution is -1.99. The Balaban J connectivity index is 1.84. The van der Waals surface area contributed by atoms with Gasteiger partial charge in [0.25, 0.3) is 0 Å². The van der Waals surface area contributed by atoms with Crippen LogP contribution in [0.15, 0.2) is 60.9 Å². The van der Waals surface area contributed by atoms with Crippen LogP contribution in [0.4, 0.5) is 4.39 Å². The predicted molar refractivity (Wildman–Crippen MR) is 77.9 cm³/mol. The van der Waals surface area contributed by atoms with Crippen molar-refractivity contribution in [1.82, 2.24) is 9.78 Å². The zero-order valence-electron chi connectivity index (χ0n) is 11.3. The van der Waals surface area contributed by atoms with Gasteiger partial charge in [0.1, 0.15) is 5.82 Å². The van der Waals surface area contributed by atoms with Gasteiger partial charge in [-0.15, -0.1) is 0 Å². The van der Waals surface area contributed by atoms with E-state index in [0.29, 0.717) is 12.1 Å². The molecule has 0 aliphatic carbocycles. The van der Waals surface area contributed by atoms with Gasteiger partial charge in [-0.2, -0.15) is 5.10 Å².